The van der Waals surface area contributed by atoms with E-state index in [2.05, 4.69) is 96.1 Å². The molecule has 0 spiro atoms. The summed E-state index contributed by atoms with van der Waals surface area (Å²) < 4.78 is 0. The van der Waals surface area contributed by atoms with E-state index in [1.165, 1.54) is 71.0 Å². The first kappa shape index (κ1) is 24.8. The first-order valence-corrected chi connectivity index (χ1v) is 13.6. The van der Waals surface area contributed by atoms with Gasteiger partial charge in [0.05, 0.1) is 0 Å². The molecule has 0 aliphatic heterocycles. The monoisotopic (exact) mass is 452 g/mol. The first-order chi connectivity index (χ1) is 16.3. The predicted molar refractivity (Wildman–Crippen MR) is 148 cm³/mol. The molecule has 0 atom stereocenters. The Morgan fingerprint density at radius 3 is 2.18 bits per heavy atom. The number of hydrogen-bond donors (Lipinski definition) is 0. The maximum atomic E-state index is 2.53. The van der Waals surface area contributed by atoms with Gasteiger partial charge in [-0.2, -0.15) is 0 Å². The Balaban J connectivity index is 1.59. The highest BCUT2D eigenvalue weighted by Gasteiger charge is 2.21. The van der Waals surface area contributed by atoms with Gasteiger partial charge in [0, 0.05) is 0 Å². The first-order valence-electron chi connectivity index (χ1n) is 13.6. The van der Waals surface area contributed by atoms with Gasteiger partial charge in [-0.25, -0.2) is 0 Å². The molecule has 0 aromatic heterocycles. The van der Waals surface area contributed by atoms with Gasteiger partial charge in [0.1, 0.15) is 0 Å². The van der Waals surface area contributed by atoms with Crippen LogP contribution in [0.5, 0.6) is 0 Å². The molecule has 0 amide bonds. The summed E-state index contributed by atoms with van der Waals surface area (Å²) in [7, 11) is 0. The smallest absolute Gasteiger partial charge is 0.00200 e. The van der Waals surface area contributed by atoms with Crippen molar-refractivity contribution >= 4 is 0 Å². The molecule has 1 aliphatic carbocycles. The van der Waals surface area contributed by atoms with E-state index in [9.17, 15) is 0 Å². The van der Waals surface area contributed by atoms with Gasteiger partial charge >= 0.3 is 0 Å². The molecule has 1 saturated carbocycles. The second-order valence-electron chi connectivity index (χ2n) is 11.7. The van der Waals surface area contributed by atoms with Crippen LogP contribution < -0.4 is 0 Å². The molecule has 0 N–H and O–H groups in total. The fraction of sp³-hybridized carbons (Fsp3) is 0.471. The molecule has 34 heavy (non-hydrogen) atoms. The Kier molecular flexibility index (Phi) is 7.66. The van der Waals surface area contributed by atoms with Crippen molar-refractivity contribution in [1.82, 2.24) is 0 Å². The third-order valence-corrected chi connectivity index (χ3v) is 7.99. The van der Waals surface area contributed by atoms with Gasteiger partial charge < -0.3 is 0 Å². The van der Waals surface area contributed by atoms with E-state index in [1.807, 2.05) is 0 Å². The lowest BCUT2D eigenvalue weighted by Crippen LogP contribution is -2.16. The number of hydrogen-bond acceptors (Lipinski definition) is 0. The lowest BCUT2D eigenvalue weighted by Gasteiger charge is -2.26. The summed E-state index contributed by atoms with van der Waals surface area (Å²) in [5.41, 5.74) is 13.5. The maximum absolute atomic E-state index is 2.53. The lowest BCUT2D eigenvalue weighted by molar-refractivity contribution is 0.443. The molecule has 0 nitrogen and oxygen atoms in total. The average molecular weight is 453 g/mol. The summed E-state index contributed by atoms with van der Waals surface area (Å²) >= 11 is 0. The van der Waals surface area contributed by atoms with Gasteiger partial charge in [-0.3, -0.25) is 0 Å². The Bertz CT molecular complexity index is 1120. The van der Waals surface area contributed by atoms with Gasteiger partial charge in [0.15, 0.2) is 0 Å². The Hall–Kier alpha value is -2.34. The normalized spacial score (nSPS) is 15.0. The molecule has 180 valence electrons. The zero-order chi connectivity index (χ0) is 24.3. The highest BCUT2D eigenvalue weighted by molar-refractivity contribution is 5.45. The molecule has 0 heteroatoms. The molecule has 1 aliphatic rings. The van der Waals surface area contributed by atoms with Crippen LogP contribution in [0.3, 0.4) is 0 Å². The van der Waals surface area contributed by atoms with E-state index >= 15 is 0 Å². The highest BCUT2D eigenvalue weighted by Crippen LogP contribution is 2.34. The Labute approximate surface area is 208 Å². The molecule has 0 saturated heterocycles. The average Bonchev–Trinajstić information content (AvgIpc) is 2.81. The zero-order valence-electron chi connectivity index (χ0n) is 22.4. The van der Waals surface area contributed by atoms with Crippen LogP contribution in [0.15, 0.2) is 54.6 Å². The van der Waals surface area contributed by atoms with Crippen molar-refractivity contribution in [3.05, 3.63) is 105 Å². The van der Waals surface area contributed by atoms with Crippen LogP contribution in [0.1, 0.15) is 116 Å². The van der Waals surface area contributed by atoms with Crippen LogP contribution in [-0.2, 0) is 24.7 Å². The molecule has 1 fully saturated rings. The number of aryl methyl sites for hydroxylation is 3. The molecule has 3 aromatic carbocycles. The third-order valence-electron chi connectivity index (χ3n) is 7.99. The van der Waals surface area contributed by atoms with Crippen molar-refractivity contribution < 1.29 is 0 Å². The molecule has 3 aromatic rings. The molecular weight excluding hydrogens is 408 g/mol. The van der Waals surface area contributed by atoms with E-state index < -0.39 is 0 Å². The van der Waals surface area contributed by atoms with Crippen LogP contribution in [-0.4, -0.2) is 0 Å². The summed E-state index contributed by atoms with van der Waals surface area (Å²) in [5, 5.41) is 0. The van der Waals surface area contributed by atoms with Crippen LogP contribution in [0.4, 0.5) is 0 Å². The van der Waals surface area contributed by atoms with Crippen LogP contribution >= 0.6 is 0 Å². The summed E-state index contributed by atoms with van der Waals surface area (Å²) in [6.45, 7) is 13.9. The SMILES string of the molecule is CCc1cc(C2CCCCC2)ccc1Cc1ccc(C)c(Cc2cccc(C)c2C(C)(C)C)c1. The third kappa shape index (κ3) is 5.65. The van der Waals surface area contributed by atoms with Gasteiger partial charge in [-0.15, -0.1) is 0 Å². The predicted octanol–water partition coefficient (Wildman–Crippen LogP) is 9.39. The summed E-state index contributed by atoms with van der Waals surface area (Å²) in [5.74, 6) is 0.783. The second-order valence-corrected chi connectivity index (χ2v) is 11.7. The van der Waals surface area contributed by atoms with Crippen molar-refractivity contribution in [3.63, 3.8) is 0 Å². The second kappa shape index (κ2) is 10.5. The Morgan fingerprint density at radius 1 is 0.706 bits per heavy atom. The molecule has 0 radical (unpaired) electrons. The maximum Gasteiger partial charge on any atom is -0.00200 e. The molecule has 0 bridgehead atoms. The van der Waals surface area contributed by atoms with E-state index in [4.69, 9.17) is 0 Å². The molecule has 0 unspecified atom stereocenters. The van der Waals surface area contributed by atoms with Crippen LogP contribution in [0.25, 0.3) is 0 Å². The van der Waals surface area contributed by atoms with Crippen molar-refractivity contribution in [1.29, 1.82) is 0 Å². The van der Waals surface area contributed by atoms with E-state index in [1.54, 1.807) is 11.1 Å². The number of benzene rings is 3. The topological polar surface area (TPSA) is 0 Å². The zero-order valence-corrected chi connectivity index (χ0v) is 22.4. The standard InChI is InChI=1S/C34H44/c1-7-27-22-30(28-13-9-8-10-14-28)19-18-29(27)20-26-17-16-24(2)32(21-26)23-31-15-11-12-25(3)33(31)34(4,5)6/h11-12,15-19,21-22,28H,7-10,13-14,20,23H2,1-6H3. The quantitative estimate of drug-likeness (QED) is 0.349. The van der Waals surface area contributed by atoms with E-state index in [0.29, 0.717) is 0 Å². The van der Waals surface area contributed by atoms with Crippen molar-refractivity contribution in [3.8, 4) is 0 Å². The van der Waals surface area contributed by atoms with Crippen molar-refractivity contribution in [2.24, 2.45) is 0 Å². The summed E-state index contributed by atoms with van der Waals surface area (Å²) in [6.07, 6.45) is 10.1. The van der Waals surface area contributed by atoms with Gasteiger partial charge in [0.2, 0.25) is 0 Å². The molecular formula is C34H44. The largest absolute Gasteiger partial charge is 0.0617 e. The number of rotatable bonds is 6. The van der Waals surface area contributed by atoms with Gasteiger partial charge in [0.25, 0.3) is 0 Å². The van der Waals surface area contributed by atoms with Crippen LogP contribution in [0.2, 0.25) is 0 Å². The van der Waals surface area contributed by atoms with E-state index in [0.717, 1.165) is 25.2 Å². The van der Waals surface area contributed by atoms with E-state index in [-0.39, 0.29) is 5.41 Å². The fourth-order valence-electron chi connectivity index (χ4n) is 6.24. The lowest BCUT2D eigenvalue weighted by atomic mass is 9.79. The minimum Gasteiger partial charge on any atom is -0.0617 e. The van der Waals surface area contributed by atoms with Crippen molar-refractivity contribution in [2.45, 2.75) is 104 Å². The highest BCUT2D eigenvalue weighted by atomic mass is 14.3. The minimum absolute atomic E-state index is 0.155. The van der Waals surface area contributed by atoms with Crippen LogP contribution in [0, 0.1) is 13.8 Å². The Morgan fingerprint density at radius 2 is 1.47 bits per heavy atom. The van der Waals surface area contributed by atoms with Crippen molar-refractivity contribution in [2.75, 3.05) is 0 Å². The summed E-state index contributed by atoms with van der Waals surface area (Å²) in [4.78, 5) is 0. The minimum atomic E-state index is 0.155. The fourth-order valence-corrected chi connectivity index (χ4v) is 6.24. The molecule has 0 heterocycles. The van der Waals surface area contributed by atoms with Gasteiger partial charge in [-0.05, 0) is 107 Å². The summed E-state index contributed by atoms with van der Waals surface area (Å²) in [6, 6.07) is 21.4. The van der Waals surface area contributed by atoms with Gasteiger partial charge in [-0.1, -0.05) is 102 Å². The molecule has 4 rings (SSSR count).